The maximum atomic E-state index is 13.1. The van der Waals surface area contributed by atoms with Crippen molar-refractivity contribution >= 4 is 17.7 Å². The van der Waals surface area contributed by atoms with Crippen molar-refractivity contribution in [3.63, 3.8) is 0 Å². The zero-order chi connectivity index (χ0) is 21.1. The Labute approximate surface area is 175 Å². The number of rotatable bonds is 5. The Morgan fingerprint density at radius 3 is 2.53 bits per heavy atom. The molecular formula is C22H27N5O3. The van der Waals surface area contributed by atoms with Gasteiger partial charge >= 0.3 is 0 Å². The molecule has 0 saturated carbocycles. The predicted molar refractivity (Wildman–Crippen MR) is 111 cm³/mol. The van der Waals surface area contributed by atoms with E-state index >= 15 is 0 Å². The van der Waals surface area contributed by atoms with Gasteiger partial charge in [-0.05, 0) is 31.7 Å². The number of hydrogen-bond acceptors (Lipinski definition) is 4. The molecule has 30 heavy (non-hydrogen) atoms. The van der Waals surface area contributed by atoms with Crippen LogP contribution in [-0.4, -0.2) is 63.0 Å². The molecule has 1 saturated heterocycles. The van der Waals surface area contributed by atoms with Crippen molar-refractivity contribution in [3.05, 3.63) is 53.3 Å². The van der Waals surface area contributed by atoms with Crippen molar-refractivity contribution in [2.75, 3.05) is 19.6 Å². The molecule has 158 valence electrons. The monoisotopic (exact) mass is 409 g/mol. The minimum Gasteiger partial charge on any atom is -0.341 e. The van der Waals surface area contributed by atoms with Crippen LogP contribution in [0.4, 0.5) is 0 Å². The van der Waals surface area contributed by atoms with E-state index in [1.54, 1.807) is 21.4 Å². The summed E-state index contributed by atoms with van der Waals surface area (Å²) in [5.41, 5.74) is 1.64. The van der Waals surface area contributed by atoms with E-state index in [1.807, 2.05) is 30.3 Å². The summed E-state index contributed by atoms with van der Waals surface area (Å²) in [4.78, 5) is 41.7. The van der Waals surface area contributed by atoms with E-state index in [-0.39, 0.29) is 17.5 Å². The smallest absolute Gasteiger partial charge is 0.272 e. The lowest BCUT2D eigenvalue weighted by molar-refractivity contribution is -0.131. The molecule has 2 aliphatic rings. The molecule has 1 atom stereocenters. The fourth-order valence-electron chi connectivity index (χ4n) is 4.04. The van der Waals surface area contributed by atoms with Crippen LogP contribution >= 0.6 is 0 Å². The molecule has 0 radical (unpaired) electrons. The van der Waals surface area contributed by atoms with Crippen molar-refractivity contribution in [2.45, 2.75) is 45.3 Å². The second kappa shape index (κ2) is 8.69. The van der Waals surface area contributed by atoms with E-state index in [1.165, 1.54) is 6.07 Å². The zero-order valence-electron chi connectivity index (χ0n) is 17.2. The summed E-state index contributed by atoms with van der Waals surface area (Å²) in [6.07, 6.45) is 2.77. The molecule has 1 aromatic heterocycles. The van der Waals surface area contributed by atoms with Gasteiger partial charge in [0.25, 0.3) is 11.8 Å². The fraction of sp³-hybridized carbons (Fsp3) is 0.455. The Balaban J connectivity index is 1.45. The third-order valence-corrected chi connectivity index (χ3v) is 5.67. The lowest BCUT2D eigenvalue weighted by Crippen LogP contribution is -2.46. The molecule has 0 aliphatic carbocycles. The van der Waals surface area contributed by atoms with Gasteiger partial charge in [-0.25, -0.2) is 0 Å². The number of nitrogens with zero attached hydrogens (tertiary/aromatic N) is 4. The number of fused-ring (bicyclic) bond motifs is 1. The minimum absolute atomic E-state index is 0.0771. The van der Waals surface area contributed by atoms with Gasteiger partial charge < -0.3 is 15.1 Å². The van der Waals surface area contributed by atoms with Crippen molar-refractivity contribution in [3.8, 4) is 0 Å². The van der Waals surface area contributed by atoms with Gasteiger partial charge in [0.15, 0.2) is 5.69 Å². The van der Waals surface area contributed by atoms with Crippen molar-refractivity contribution in [1.82, 2.24) is 24.9 Å². The predicted octanol–water partition coefficient (Wildman–Crippen LogP) is 1.67. The van der Waals surface area contributed by atoms with Gasteiger partial charge in [-0.3, -0.25) is 19.1 Å². The first-order chi connectivity index (χ1) is 14.5. The molecule has 4 rings (SSSR count). The Morgan fingerprint density at radius 2 is 1.80 bits per heavy atom. The molecule has 1 fully saturated rings. The molecule has 1 unspecified atom stereocenters. The van der Waals surface area contributed by atoms with Crippen molar-refractivity contribution in [2.24, 2.45) is 0 Å². The molecule has 0 spiro atoms. The van der Waals surface area contributed by atoms with Crippen LogP contribution in [0.5, 0.6) is 0 Å². The molecule has 0 bridgehead atoms. The second-order valence-electron chi connectivity index (χ2n) is 7.93. The quantitative estimate of drug-likeness (QED) is 0.814. The number of likely N-dealkylation sites (tertiary alicyclic amines) is 1. The number of aryl methyl sites for hydroxylation is 1. The standard InChI is InChI=1S/C22H27N5O3/c1-16(21(29)25-10-5-6-11-25)23-20(28)18-14-19-22(30)26(12-7-13-27(19)24-18)15-17-8-3-2-4-9-17/h2-4,8-9,14,16H,5-7,10-13,15H2,1H3,(H,23,28). The highest BCUT2D eigenvalue weighted by Gasteiger charge is 2.28. The first-order valence-electron chi connectivity index (χ1n) is 10.5. The van der Waals surface area contributed by atoms with Crippen LogP contribution in [0.15, 0.2) is 36.4 Å². The van der Waals surface area contributed by atoms with Gasteiger partial charge in [-0.2, -0.15) is 5.10 Å². The summed E-state index contributed by atoms with van der Waals surface area (Å²) in [5.74, 6) is -0.645. The number of carbonyl (C=O) groups is 3. The van der Waals surface area contributed by atoms with Gasteiger partial charge in [-0.1, -0.05) is 30.3 Å². The summed E-state index contributed by atoms with van der Waals surface area (Å²) in [5, 5.41) is 7.08. The molecule has 8 heteroatoms. The Kier molecular flexibility index (Phi) is 5.83. The minimum atomic E-state index is -0.623. The van der Waals surface area contributed by atoms with Gasteiger partial charge in [-0.15, -0.1) is 0 Å². The van der Waals surface area contributed by atoms with E-state index in [9.17, 15) is 14.4 Å². The summed E-state index contributed by atoms with van der Waals surface area (Å²) in [6, 6.07) is 10.8. The molecule has 2 aromatic rings. The lowest BCUT2D eigenvalue weighted by Gasteiger charge is -2.20. The van der Waals surface area contributed by atoms with E-state index in [2.05, 4.69) is 10.4 Å². The highest BCUT2D eigenvalue weighted by molar-refractivity contribution is 5.99. The van der Waals surface area contributed by atoms with Gasteiger partial charge in [0.1, 0.15) is 11.7 Å². The SMILES string of the molecule is CC(NC(=O)c1cc2n(n1)CCCN(Cc1ccccc1)C2=O)C(=O)N1CCCC1. The van der Waals surface area contributed by atoms with E-state index < -0.39 is 11.9 Å². The Bertz CT molecular complexity index is 934. The molecule has 1 aromatic carbocycles. The van der Waals surface area contributed by atoms with E-state index in [0.717, 1.165) is 37.9 Å². The summed E-state index contributed by atoms with van der Waals surface area (Å²) in [7, 11) is 0. The topological polar surface area (TPSA) is 87.5 Å². The number of nitrogens with one attached hydrogen (secondary N) is 1. The van der Waals surface area contributed by atoms with Gasteiger partial charge in [0.05, 0.1) is 0 Å². The third kappa shape index (κ3) is 4.22. The summed E-state index contributed by atoms with van der Waals surface area (Å²) in [6.45, 7) is 4.90. The highest BCUT2D eigenvalue weighted by atomic mass is 16.2. The van der Waals surface area contributed by atoms with Crippen LogP contribution in [0.25, 0.3) is 0 Å². The van der Waals surface area contributed by atoms with Crippen LogP contribution in [0.2, 0.25) is 0 Å². The van der Waals surface area contributed by atoms with Gasteiger partial charge in [0.2, 0.25) is 5.91 Å². The van der Waals surface area contributed by atoms with Crippen LogP contribution < -0.4 is 5.32 Å². The van der Waals surface area contributed by atoms with Gasteiger partial charge in [0, 0.05) is 38.8 Å². The maximum Gasteiger partial charge on any atom is 0.272 e. The molecule has 3 heterocycles. The first kappa shape index (κ1) is 20.1. The third-order valence-electron chi connectivity index (χ3n) is 5.67. The summed E-state index contributed by atoms with van der Waals surface area (Å²) < 4.78 is 1.61. The van der Waals surface area contributed by atoms with Crippen molar-refractivity contribution in [1.29, 1.82) is 0 Å². The van der Waals surface area contributed by atoms with Crippen LogP contribution in [0.1, 0.15) is 52.7 Å². The second-order valence-corrected chi connectivity index (χ2v) is 7.93. The van der Waals surface area contributed by atoms with E-state index in [0.29, 0.717) is 25.3 Å². The molecular weight excluding hydrogens is 382 g/mol. The largest absolute Gasteiger partial charge is 0.341 e. The van der Waals surface area contributed by atoms with E-state index in [4.69, 9.17) is 0 Å². The normalized spacial score (nSPS) is 17.4. The summed E-state index contributed by atoms with van der Waals surface area (Å²) >= 11 is 0. The number of hydrogen-bond donors (Lipinski definition) is 1. The number of aromatic nitrogens is 2. The lowest BCUT2D eigenvalue weighted by atomic mass is 10.2. The molecule has 1 N–H and O–H groups in total. The van der Waals surface area contributed by atoms with Crippen LogP contribution in [0.3, 0.4) is 0 Å². The Hall–Kier alpha value is -3.16. The number of benzene rings is 1. The van der Waals surface area contributed by atoms with Crippen molar-refractivity contribution < 1.29 is 14.4 Å². The average Bonchev–Trinajstić information content (AvgIpc) is 3.41. The first-order valence-corrected chi connectivity index (χ1v) is 10.5. The van der Waals surface area contributed by atoms with Crippen LogP contribution in [-0.2, 0) is 17.9 Å². The van der Waals surface area contributed by atoms with Crippen LogP contribution in [0, 0.1) is 0 Å². The molecule has 2 aliphatic heterocycles. The maximum absolute atomic E-state index is 13.1. The number of amides is 3. The molecule has 8 nitrogen and oxygen atoms in total. The zero-order valence-corrected chi connectivity index (χ0v) is 17.2. The average molecular weight is 409 g/mol. The fourth-order valence-corrected chi connectivity index (χ4v) is 4.04. The molecule has 3 amide bonds. The number of carbonyl (C=O) groups excluding carboxylic acids is 3. The highest BCUT2D eigenvalue weighted by Crippen LogP contribution is 2.17. The Morgan fingerprint density at radius 1 is 1.07 bits per heavy atom.